The molecule has 0 radical (unpaired) electrons. The molecule has 0 aliphatic rings. The molecular weight excluding hydrogens is 434 g/mol. The number of aromatic nitrogens is 2. The molecule has 3 aromatic rings. The number of carboxylic acids is 1. The van der Waals surface area contributed by atoms with Crippen LogP contribution in [0.3, 0.4) is 0 Å². The molecule has 1 aromatic heterocycles. The van der Waals surface area contributed by atoms with Gasteiger partial charge in [0.25, 0.3) is 0 Å². The number of rotatable bonds is 10. The van der Waals surface area contributed by atoms with Crippen molar-refractivity contribution in [1.82, 2.24) is 14.9 Å². The zero-order chi connectivity index (χ0) is 24.1. The van der Waals surface area contributed by atoms with E-state index < -0.39 is 5.97 Å². The summed E-state index contributed by atoms with van der Waals surface area (Å²) in [5.74, 6) is 0.433. The maximum atomic E-state index is 12.4. The second-order valence-corrected chi connectivity index (χ2v) is 9.63. The maximum Gasteiger partial charge on any atom is 0.335 e. The normalized spacial score (nSPS) is 12.3. The largest absolute Gasteiger partial charge is 0.478 e. The number of aromatic carboxylic acids is 1. The highest BCUT2D eigenvalue weighted by atomic mass is 32.1. The number of aryl methyl sites for hydroxylation is 2. The van der Waals surface area contributed by atoms with Gasteiger partial charge in [0.1, 0.15) is 5.82 Å². The fraction of sp³-hybridized carbons (Fsp3) is 0.423. The van der Waals surface area contributed by atoms with Crippen molar-refractivity contribution in [3.8, 4) is 0 Å². The summed E-state index contributed by atoms with van der Waals surface area (Å²) in [5, 5.41) is 11.9. The summed E-state index contributed by atoms with van der Waals surface area (Å²) in [4.78, 5) is 28.5. The molecular formula is C26H33N3O3S. The lowest BCUT2D eigenvalue weighted by atomic mass is 10.1. The molecule has 0 fully saturated rings. The summed E-state index contributed by atoms with van der Waals surface area (Å²) in [5.41, 5.74) is 5.36. The van der Waals surface area contributed by atoms with Gasteiger partial charge in [0.2, 0.25) is 5.91 Å². The van der Waals surface area contributed by atoms with Crippen molar-refractivity contribution in [2.75, 3.05) is 0 Å². The van der Waals surface area contributed by atoms with Crippen LogP contribution >= 0.6 is 12.6 Å². The molecule has 0 bridgehead atoms. The summed E-state index contributed by atoms with van der Waals surface area (Å²) >= 11 is 4.45. The number of carboxylic acid groups (broad SMARTS) is 1. The molecule has 1 atom stereocenters. The number of fused-ring (bicyclic) bond motifs is 1. The number of hydrogen-bond donors (Lipinski definition) is 3. The first-order valence-electron chi connectivity index (χ1n) is 11.5. The molecule has 3 rings (SSSR count). The van der Waals surface area contributed by atoms with Crippen molar-refractivity contribution < 1.29 is 14.7 Å². The number of benzene rings is 2. The molecule has 0 unspecified atom stereocenters. The number of imidazole rings is 1. The van der Waals surface area contributed by atoms with E-state index in [1.165, 1.54) is 0 Å². The maximum absolute atomic E-state index is 12.4. The molecule has 2 N–H and O–H groups in total. The van der Waals surface area contributed by atoms with Crippen LogP contribution < -0.4 is 5.32 Å². The van der Waals surface area contributed by atoms with Crippen LogP contribution in [0.1, 0.15) is 66.5 Å². The Morgan fingerprint density at radius 3 is 2.45 bits per heavy atom. The lowest BCUT2D eigenvalue weighted by molar-refractivity contribution is -0.120. The van der Waals surface area contributed by atoms with Gasteiger partial charge in [-0.1, -0.05) is 39.0 Å². The number of nitrogens with zero attached hydrogens (tertiary/aromatic N) is 2. The van der Waals surface area contributed by atoms with Crippen LogP contribution in [0.15, 0.2) is 36.4 Å². The summed E-state index contributed by atoms with van der Waals surface area (Å²) in [6.45, 7) is 9.38. The standard InChI is InChI=1S/C26H33N3O3S/c1-5-6-23-28-24-17(4)12-19(14-27-25(30)22(33)11-16(2)3)13-21(24)29(23)15-18-7-9-20(10-8-18)26(31)32/h7-10,12-13,16,22,33H,5-6,11,14-15H2,1-4H3,(H,27,30)(H,31,32)/t22-/m0/s1. The van der Waals surface area contributed by atoms with Gasteiger partial charge >= 0.3 is 5.97 Å². The van der Waals surface area contributed by atoms with Crippen molar-refractivity contribution >= 4 is 35.5 Å². The van der Waals surface area contributed by atoms with Gasteiger partial charge in [0.05, 0.1) is 21.8 Å². The topological polar surface area (TPSA) is 84.2 Å². The summed E-state index contributed by atoms with van der Waals surface area (Å²) in [6.07, 6.45) is 2.56. The monoisotopic (exact) mass is 467 g/mol. The SMILES string of the molecule is CCCc1nc2c(C)cc(CNC(=O)[C@@H](S)CC(C)C)cc2n1Cc1ccc(C(=O)O)cc1. The molecule has 33 heavy (non-hydrogen) atoms. The van der Waals surface area contributed by atoms with Crippen LogP contribution in [0, 0.1) is 12.8 Å². The van der Waals surface area contributed by atoms with Gasteiger partial charge in [-0.15, -0.1) is 0 Å². The predicted molar refractivity (Wildman–Crippen MR) is 135 cm³/mol. The molecule has 2 aromatic carbocycles. The number of nitrogens with one attached hydrogen (secondary N) is 1. The van der Waals surface area contributed by atoms with Gasteiger partial charge in [-0.25, -0.2) is 9.78 Å². The second kappa shape index (κ2) is 10.9. The lowest BCUT2D eigenvalue weighted by Crippen LogP contribution is -2.31. The van der Waals surface area contributed by atoms with E-state index >= 15 is 0 Å². The summed E-state index contributed by atoms with van der Waals surface area (Å²) in [6, 6.07) is 11.1. The van der Waals surface area contributed by atoms with Crippen molar-refractivity contribution in [1.29, 1.82) is 0 Å². The molecule has 0 saturated carbocycles. The summed E-state index contributed by atoms with van der Waals surface area (Å²) < 4.78 is 2.20. The highest BCUT2D eigenvalue weighted by molar-refractivity contribution is 7.81. The molecule has 0 spiro atoms. The number of hydrogen-bond acceptors (Lipinski definition) is 4. The zero-order valence-electron chi connectivity index (χ0n) is 19.8. The molecule has 0 aliphatic heterocycles. The van der Waals surface area contributed by atoms with Crippen LogP contribution in [0.4, 0.5) is 0 Å². The van der Waals surface area contributed by atoms with Gasteiger partial charge in [-0.3, -0.25) is 4.79 Å². The van der Waals surface area contributed by atoms with Crippen molar-refractivity contribution in [2.24, 2.45) is 5.92 Å². The Morgan fingerprint density at radius 2 is 1.85 bits per heavy atom. The average molecular weight is 468 g/mol. The molecule has 0 saturated heterocycles. The summed E-state index contributed by atoms with van der Waals surface area (Å²) in [7, 11) is 0. The van der Waals surface area contributed by atoms with Crippen LogP contribution in [-0.2, 0) is 24.3 Å². The first-order chi connectivity index (χ1) is 15.7. The van der Waals surface area contributed by atoms with Crippen LogP contribution in [0.2, 0.25) is 0 Å². The van der Waals surface area contributed by atoms with Crippen LogP contribution in [0.25, 0.3) is 11.0 Å². The average Bonchev–Trinajstić information content (AvgIpc) is 3.10. The van der Waals surface area contributed by atoms with E-state index in [0.717, 1.165) is 52.8 Å². The van der Waals surface area contributed by atoms with Crippen LogP contribution in [0.5, 0.6) is 0 Å². The third kappa shape index (κ3) is 6.16. The Kier molecular flexibility index (Phi) is 8.19. The van der Waals surface area contributed by atoms with Gasteiger partial charge in [0, 0.05) is 19.5 Å². The molecule has 0 aliphatic carbocycles. The fourth-order valence-corrected chi connectivity index (χ4v) is 4.52. The Morgan fingerprint density at radius 1 is 1.15 bits per heavy atom. The zero-order valence-corrected chi connectivity index (χ0v) is 20.7. The van der Waals surface area contributed by atoms with E-state index in [2.05, 4.69) is 55.4 Å². The van der Waals surface area contributed by atoms with Crippen molar-refractivity contribution in [2.45, 2.75) is 65.3 Å². The molecule has 176 valence electrons. The number of carbonyl (C=O) groups is 2. The molecule has 1 amide bonds. The van der Waals surface area contributed by atoms with E-state index in [-0.39, 0.29) is 16.7 Å². The lowest BCUT2D eigenvalue weighted by Gasteiger charge is -2.14. The van der Waals surface area contributed by atoms with E-state index in [1.54, 1.807) is 12.1 Å². The first kappa shape index (κ1) is 24.8. The fourth-order valence-electron chi connectivity index (χ4n) is 4.00. The number of carbonyl (C=O) groups excluding carboxylic acids is 1. The molecule has 7 heteroatoms. The van der Waals surface area contributed by atoms with Crippen LogP contribution in [-0.4, -0.2) is 31.8 Å². The Hall–Kier alpha value is -2.80. The number of thiol groups is 1. The molecule has 6 nitrogen and oxygen atoms in total. The van der Waals surface area contributed by atoms with Gasteiger partial charge < -0.3 is 15.0 Å². The predicted octanol–water partition coefficient (Wildman–Crippen LogP) is 5.00. The van der Waals surface area contributed by atoms with Crippen molar-refractivity contribution in [3.05, 3.63) is 64.5 Å². The Balaban J connectivity index is 1.90. The van der Waals surface area contributed by atoms with Gasteiger partial charge in [-0.2, -0.15) is 12.6 Å². The Bertz CT molecular complexity index is 1140. The second-order valence-electron chi connectivity index (χ2n) is 9.01. The van der Waals surface area contributed by atoms with Gasteiger partial charge in [-0.05, 0) is 60.6 Å². The van der Waals surface area contributed by atoms with E-state index in [0.29, 0.717) is 19.0 Å². The van der Waals surface area contributed by atoms with Crippen molar-refractivity contribution in [3.63, 3.8) is 0 Å². The first-order valence-corrected chi connectivity index (χ1v) is 12.0. The highest BCUT2D eigenvalue weighted by Crippen LogP contribution is 2.24. The third-order valence-electron chi connectivity index (χ3n) is 5.66. The minimum Gasteiger partial charge on any atom is -0.478 e. The smallest absolute Gasteiger partial charge is 0.335 e. The van der Waals surface area contributed by atoms with E-state index in [1.807, 2.05) is 19.1 Å². The van der Waals surface area contributed by atoms with Gasteiger partial charge in [0.15, 0.2) is 0 Å². The minimum absolute atomic E-state index is 0.0523. The quantitative estimate of drug-likeness (QED) is 0.366. The number of amides is 1. The van der Waals surface area contributed by atoms with E-state index in [9.17, 15) is 9.59 Å². The van der Waals surface area contributed by atoms with E-state index in [4.69, 9.17) is 10.1 Å². The molecule has 1 heterocycles. The Labute approximate surface area is 200 Å². The third-order valence-corrected chi connectivity index (χ3v) is 6.11. The highest BCUT2D eigenvalue weighted by Gasteiger charge is 2.17. The minimum atomic E-state index is -0.930.